The minimum Gasteiger partial charge on any atom is -0.381 e. The molecule has 0 spiro atoms. The standard InChI is InChI=1S/C22H28ClNO2/c1-13-10-17(22(3,4)5)18(23)11-16(13)19-12-20(25)21(14(2)24-19)15-6-8-26-9-7-15/h10-12,15H,6-9H2,1-5H3,(H,24,25). The van der Waals surface area contributed by atoms with Crippen LogP contribution in [-0.4, -0.2) is 18.2 Å². The van der Waals surface area contributed by atoms with Crippen LogP contribution in [-0.2, 0) is 10.2 Å². The number of aromatic amines is 1. The van der Waals surface area contributed by atoms with Gasteiger partial charge in [-0.25, -0.2) is 0 Å². The number of halogens is 1. The van der Waals surface area contributed by atoms with E-state index in [2.05, 4.69) is 38.7 Å². The molecule has 140 valence electrons. The average Bonchev–Trinajstić information content (AvgIpc) is 2.56. The summed E-state index contributed by atoms with van der Waals surface area (Å²) >= 11 is 6.56. The number of hydrogen-bond donors (Lipinski definition) is 1. The summed E-state index contributed by atoms with van der Waals surface area (Å²) in [6.07, 6.45) is 1.82. The van der Waals surface area contributed by atoms with Crippen LogP contribution < -0.4 is 5.43 Å². The van der Waals surface area contributed by atoms with E-state index in [0.29, 0.717) is 0 Å². The Hall–Kier alpha value is -1.58. The Morgan fingerprint density at radius 2 is 1.77 bits per heavy atom. The van der Waals surface area contributed by atoms with Crippen molar-refractivity contribution in [2.45, 2.75) is 58.8 Å². The molecule has 0 radical (unpaired) electrons. The first-order valence-electron chi connectivity index (χ1n) is 9.31. The zero-order valence-electron chi connectivity index (χ0n) is 16.3. The van der Waals surface area contributed by atoms with Crippen LogP contribution in [0.1, 0.15) is 61.9 Å². The van der Waals surface area contributed by atoms with Gasteiger partial charge in [-0.05, 0) is 55.2 Å². The van der Waals surface area contributed by atoms with Gasteiger partial charge in [0.25, 0.3) is 0 Å². The molecule has 0 saturated carbocycles. The van der Waals surface area contributed by atoms with Crippen LogP contribution in [0.3, 0.4) is 0 Å². The summed E-state index contributed by atoms with van der Waals surface area (Å²) in [5, 5.41) is 0.741. The Kier molecular flexibility index (Phi) is 5.32. The highest BCUT2D eigenvalue weighted by molar-refractivity contribution is 6.31. The van der Waals surface area contributed by atoms with Gasteiger partial charge in [0, 0.05) is 46.8 Å². The van der Waals surface area contributed by atoms with Gasteiger partial charge in [-0.15, -0.1) is 0 Å². The summed E-state index contributed by atoms with van der Waals surface area (Å²) in [5.41, 5.74) is 6.02. The fourth-order valence-electron chi connectivity index (χ4n) is 3.88. The van der Waals surface area contributed by atoms with Gasteiger partial charge in [0.15, 0.2) is 5.43 Å². The normalized spacial score (nSPS) is 16.1. The summed E-state index contributed by atoms with van der Waals surface area (Å²) in [6.45, 7) is 12.0. The maximum Gasteiger partial charge on any atom is 0.185 e. The second-order valence-corrected chi connectivity index (χ2v) is 8.78. The largest absolute Gasteiger partial charge is 0.381 e. The summed E-state index contributed by atoms with van der Waals surface area (Å²) in [4.78, 5) is 16.3. The quantitative estimate of drug-likeness (QED) is 0.754. The van der Waals surface area contributed by atoms with Gasteiger partial charge in [0.2, 0.25) is 0 Å². The highest BCUT2D eigenvalue weighted by atomic mass is 35.5. The van der Waals surface area contributed by atoms with Crippen LogP contribution in [0.4, 0.5) is 0 Å². The van der Waals surface area contributed by atoms with Crippen molar-refractivity contribution in [3.8, 4) is 11.3 Å². The van der Waals surface area contributed by atoms with E-state index in [0.717, 1.165) is 64.7 Å². The van der Waals surface area contributed by atoms with Crippen LogP contribution in [0.15, 0.2) is 23.0 Å². The number of aryl methyl sites for hydroxylation is 2. The number of aromatic nitrogens is 1. The van der Waals surface area contributed by atoms with E-state index >= 15 is 0 Å². The van der Waals surface area contributed by atoms with E-state index in [4.69, 9.17) is 16.3 Å². The highest BCUT2D eigenvalue weighted by Gasteiger charge is 2.23. The van der Waals surface area contributed by atoms with Crippen molar-refractivity contribution in [2.24, 2.45) is 0 Å². The Labute approximate surface area is 160 Å². The monoisotopic (exact) mass is 373 g/mol. The predicted octanol–water partition coefficient (Wildman–Crippen LogP) is 5.50. The number of benzene rings is 1. The Balaban J connectivity index is 2.06. The molecule has 1 N–H and O–H groups in total. The number of ether oxygens (including phenoxy) is 1. The lowest BCUT2D eigenvalue weighted by atomic mass is 9.84. The minimum absolute atomic E-state index is 0.0173. The van der Waals surface area contributed by atoms with Crippen molar-refractivity contribution < 1.29 is 4.74 Å². The first kappa shape index (κ1) is 19.2. The number of pyridine rings is 1. The number of hydrogen-bond acceptors (Lipinski definition) is 2. The molecule has 2 aromatic rings. The molecule has 1 aliphatic rings. The zero-order chi connectivity index (χ0) is 19.1. The molecule has 1 fully saturated rings. The Bertz CT molecular complexity index is 871. The molecule has 0 unspecified atom stereocenters. The SMILES string of the molecule is Cc1cc(C(C)(C)C)c(Cl)cc1-c1cc(=O)c(C2CCOCC2)c(C)[nH]1. The van der Waals surface area contributed by atoms with Crippen molar-refractivity contribution in [3.63, 3.8) is 0 Å². The lowest BCUT2D eigenvalue weighted by molar-refractivity contribution is 0.0849. The molecule has 26 heavy (non-hydrogen) atoms. The maximum absolute atomic E-state index is 12.9. The van der Waals surface area contributed by atoms with Gasteiger partial charge in [-0.3, -0.25) is 4.79 Å². The van der Waals surface area contributed by atoms with Crippen molar-refractivity contribution in [1.29, 1.82) is 0 Å². The van der Waals surface area contributed by atoms with Crippen molar-refractivity contribution >= 4 is 11.6 Å². The van der Waals surface area contributed by atoms with Gasteiger partial charge in [0.1, 0.15) is 0 Å². The van der Waals surface area contributed by atoms with E-state index in [1.165, 1.54) is 0 Å². The van der Waals surface area contributed by atoms with E-state index in [1.54, 1.807) is 6.07 Å². The van der Waals surface area contributed by atoms with Crippen LogP contribution in [0.2, 0.25) is 5.02 Å². The van der Waals surface area contributed by atoms with Crippen molar-refractivity contribution in [1.82, 2.24) is 4.98 Å². The van der Waals surface area contributed by atoms with Gasteiger partial charge >= 0.3 is 0 Å². The summed E-state index contributed by atoms with van der Waals surface area (Å²) in [6, 6.07) is 5.85. The van der Waals surface area contributed by atoms with Crippen LogP contribution in [0.25, 0.3) is 11.3 Å². The first-order chi connectivity index (χ1) is 12.2. The molecule has 3 rings (SSSR count). The summed E-state index contributed by atoms with van der Waals surface area (Å²) in [5.74, 6) is 0.287. The second-order valence-electron chi connectivity index (χ2n) is 8.37. The third-order valence-corrected chi connectivity index (χ3v) is 5.62. The molecule has 2 heterocycles. The topological polar surface area (TPSA) is 42.1 Å². The molecule has 0 atom stereocenters. The summed E-state index contributed by atoms with van der Waals surface area (Å²) in [7, 11) is 0. The number of rotatable bonds is 2. The van der Waals surface area contributed by atoms with Crippen molar-refractivity contribution in [2.75, 3.05) is 13.2 Å². The van der Waals surface area contributed by atoms with Gasteiger partial charge in [0.05, 0.1) is 0 Å². The fourth-order valence-corrected chi connectivity index (χ4v) is 4.33. The second kappa shape index (κ2) is 7.21. The van der Waals surface area contributed by atoms with Gasteiger partial charge in [-0.2, -0.15) is 0 Å². The first-order valence-corrected chi connectivity index (χ1v) is 9.69. The van der Waals surface area contributed by atoms with Crippen molar-refractivity contribution in [3.05, 3.63) is 55.8 Å². The molecule has 1 aliphatic heterocycles. The Morgan fingerprint density at radius 3 is 2.35 bits per heavy atom. The molecular formula is C22H28ClNO2. The van der Waals surface area contributed by atoms with Crippen LogP contribution in [0, 0.1) is 13.8 Å². The highest BCUT2D eigenvalue weighted by Crippen LogP contribution is 2.35. The molecule has 3 nitrogen and oxygen atoms in total. The van der Waals surface area contributed by atoms with Gasteiger partial charge in [-0.1, -0.05) is 38.4 Å². The molecule has 0 bridgehead atoms. The van der Waals surface area contributed by atoms with E-state index in [9.17, 15) is 4.79 Å². The number of H-pyrrole nitrogens is 1. The van der Waals surface area contributed by atoms with E-state index in [-0.39, 0.29) is 16.8 Å². The minimum atomic E-state index is -0.0173. The predicted molar refractivity (Wildman–Crippen MR) is 108 cm³/mol. The molecular weight excluding hydrogens is 346 g/mol. The van der Waals surface area contributed by atoms with Crippen LogP contribution >= 0.6 is 11.6 Å². The molecule has 1 aromatic carbocycles. The smallest absolute Gasteiger partial charge is 0.185 e. The average molecular weight is 374 g/mol. The third-order valence-electron chi connectivity index (χ3n) is 5.31. The third kappa shape index (κ3) is 3.74. The van der Waals surface area contributed by atoms with E-state index < -0.39 is 0 Å². The van der Waals surface area contributed by atoms with Gasteiger partial charge < -0.3 is 9.72 Å². The Morgan fingerprint density at radius 1 is 1.12 bits per heavy atom. The lowest BCUT2D eigenvalue weighted by Crippen LogP contribution is -2.22. The maximum atomic E-state index is 12.9. The molecule has 0 aliphatic carbocycles. The molecule has 4 heteroatoms. The summed E-state index contributed by atoms with van der Waals surface area (Å²) < 4.78 is 5.43. The lowest BCUT2D eigenvalue weighted by Gasteiger charge is -2.24. The molecule has 1 aromatic heterocycles. The number of nitrogens with one attached hydrogen (secondary N) is 1. The fraction of sp³-hybridized carbons (Fsp3) is 0.500. The molecule has 1 saturated heterocycles. The zero-order valence-corrected chi connectivity index (χ0v) is 17.1. The van der Waals surface area contributed by atoms with Crippen LogP contribution in [0.5, 0.6) is 0 Å². The van der Waals surface area contributed by atoms with E-state index in [1.807, 2.05) is 13.0 Å². The molecule has 0 amide bonds.